The van der Waals surface area contributed by atoms with E-state index in [0.717, 1.165) is 6.07 Å². The first-order valence-corrected chi connectivity index (χ1v) is 6.49. The Kier molecular flexibility index (Phi) is 3.84. The molecule has 0 bridgehead atoms. The lowest BCUT2D eigenvalue weighted by molar-refractivity contribution is -0.385. The van der Waals surface area contributed by atoms with Gasteiger partial charge in [-0.1, -0.05) is 6.07 Å². The molecule has 0 saturated carbocycles. The van der Waals surface area contributed by atoms with Gasteiger partial charge in [0.2, 0.25) is 10.0 Å². The third-order valence-electron chi connectivity index (χ3n) is 2.08. The summed E-state index contributed by atoms with van der Waals surface area (Å²) < 4.78 is 26.0. The number of aryl methyl sites for hydroxylation is 1. The van der Waals surface area contributed by atoms with Gasteiger partial charge in [-0.15, -0.1) is 0 Å². The first-order chi connectivity index (χ1) is 7.74. The van der Waals surface area contributed by atoms with E-state index in [2.05, 4.69) is 4.72 Å². The highest BCUT2D eigenvalue weighted by atomic mass is 32.2. The molecule has 0 spiro atoms. The van der Waals surface area contributed by atoms with E-state index in [1.165, 1.54) is 12.1 Å². The number of rotatable bonds is 4. The largest absolute Gasteiger partial charge is 0.273 e. The maximum atomic E-state index is 11.8. The number of hydrogen-bond acceptors (Lipinski definition) is 4. The SMILES string of the molecule is Cc1ccc(S(=O)(=O)NC(C)C)cc1[N+](=O)[O-]. The maximum Gasteiger partial charge on any atom is 0.273 e. The molecule has 94 valence electrons. The Morgan fingerprint density at radius 1 is 1.35 bits per heavy atom. The monoisotopic (exact) mass is 258 g/mol. The van der Waals surface area contributed by atoms with E-state index in [1.54, 1.807) is 20.8 Å². The highest BCUT2D eigenvalue weighted by Gasteiger charge is 2.20. The van der Waals surface area contributed by atoms with Crippen LogP contribution in [0.25, 0.3) is 0 Å². The van der Waals surface area contributed by atoms with Gasteiger partial charge in [-0.25, -0.2) is 13.1 Å². The van der Waals surface area contributed by atoms with E-state index in [4.69, 9.17) is 0 Å². The zero-order valence-corrected chi connectivity index (χ0v) is 10.6. The van der Waals surface area contributed by atoms with Gasteiger partial charge < -0.3 is 0 Å². The summed E-state index contributed by atoms with van der Waals surface area (Å²) in [5.74, 6) is 0. The molecule has 0 radical (unpaired) electrons. The van der Waals surface area contributed by atoms with Crippen LogP contribution in [0.2, 0.25) is 0 Å². The normalized spacial score (nSPS) is 11.8. The van der Waals surface area contributed by atoms with Crippen LogP contribution < -0.4 is 4.72 Å². The Morgan fingerprint density at radius 3 is 2.41 bits per heavy atom. The van der Waals surface area contributed by atoms with E-state index in [0.29, 0.717) is 5.56 Å². The number of nitro benzene ring substituents is 1. The van der Waals surface area contributed by atoms with Crippen molar-refractivity contribution in [1.82, 2.24) is 4.72 Å². The van der Waals surface area contributed by atoms with Crippen molar-refractivity contribution in [3.63, 3.8) is 0 Å². The third kappa shape index (κ3) is 3.24. The average Bonchev–Trinajstić information content (AvgIpc) is 2.15. The summed E-state index contributed by atoms with van der Waals surface area (Å²) in [5, 5.41) is 10.7. The van der Waals surface area contributed by atoms with Crippen LogP contribution in [-0.2, 0) is 10.0 Å². The summed E-state index contributed by atoms with van der Waals surface area (Å²) in [6.45, 7) is 4.92. The van der Waals surface area contributed by atoms with Crippen LogP contribution in [0.4, 0.5) is 5.69 Å². The van der Waals surface area contributed by atoms with E-state index in [1.807, 2.05) is 0 Å². The minimum Gasteiger partial charge on any atom is -0.258 e. The lowest BCUT2D eigenvalue weighted by Gasteiger charge is -2.09. The molecule has 1 rings (SSSR count). The standard InChI is InChI=1S/C10H14N2O4S/c1-7(2)11-17(15,16)9-5-4-8(3)10(6-9)12(13)14/h4-7,11H,1-3H3. The molecule has 1 N–H and O–H groups in total. The zero-order valence-electron chi connectivity index (χ0n) is 9.80. The number of benzene rings is 1. The molecule has 0 amide bonds. The smallest absolute Gasteiger partial charge is 0.258 e. The summed E-state index contributed by atoms with van der Waals surface area (Å²) in [4.78, 5) is 10.0. The first-order valence-electron chi connectivity index (χ1n) is 5.01. The molecule has 0 fully saturated rings. The number of hydrogen-bond donors (Lipinski definition) is 1. The minimum absolute atomic E-state index is 0.0940. The fourth-order valence-electron chi connectivity index (χ4n) is 1.33. The molecule has 0 atom stereocenters. The van der Waals surface area contributed by atoms with Crippen molar-refractivity contribution in [3.8, 4) is 0 Å². The molecule has 0 aliphatic carbocycles. The van der Waals surface area contributed by atoms with Crippen LogP contribution in [0.5, 0.6) is 0 Å². The van der Waals surface area contributed by atoms with Crippen LogP contribution in [0.1, 0.15) is 19.4 Å². The molecule has 0 unspecified atom stereocenters. The highest BCUT2D eigenvalue weighted by Crippen LogP contribution is 2.22. The van der Waals surface area contributed by atoms with Gasteiger partial charge in [-0.05, 0) is 26.8 Å². The summed E-state index contributed by atoms with van der Waals surface area (Å²) >= 11 is 0. The van der Waals surface area contributed by atoms with Crippen molar-refractivity contribution in [2.45, 2.75) is 31.7 Å². The van der Waals surface area contributed by atoms with E-state index in [9.17, 15) is 18.5 Å². The molecule has 0 heterocycles. The van der Waals surface area contributed by atoms with E-state index >= 15 is 0 Å². The van der Waals surface area contributed by atoms with Gasteiger partial charge in [0.05, 0.1) is 9.82 Å². The van der Waals surface area contributed by atoms with Gasteiger partial charge in [0.15, 0.2) is 0 Å². The fraction of sp³-hybridized carbons (Fsp3) is 0.400. The van der Waals surface area contributed by atoms with Crippen molar-refractivity contribution in [2.75, 3.05) is 0 Å². The maximum absolute atomic E-state index is 11.8. The Hall–Kier alpha value is -1.47. The number of sulfonamides is 1. The molecule has 0 aliphatic rings. The quantitative estimate of drug-likeness (QED) is 0.656. The molecule has 6 nitrogen and oxygen atoms in total. The minimum atomic E-state index is -3.69. The summed E-state index contributed by atoms with van der Waals surface area (Å²) in [7, 11) is -3.69. The molecule has 1 aromatic carbocycles. The van der Waals surface area contributed by atoms with Gasteiger partial charge in [0.25, 0.3) is 5.69 Å². The Bertz CT molecular complexity index is 537. The summed E-state index contributed by atoms with van der Waals surface area (Å²) in [6, 6.07) is 3.58. The lowest BCUT2D eigenvalue weighted by Crippen LogP contribution is -2.30. The number of nitrogens with zero attached hydrogens (tertiary/aromatic N) is 1. The zero-order chi connectivity index (χ0) is 13.2. The van der Waals surface area contributed by atoms with Crippen LogP contribution in [0, 0.1) is 17.0 Å². The second kappa shape index (κ2) is 4.80. The molecular weight excluding hydrogens is 244 g/mol. The van der Waals surface area contributed by atoms with Gasteiger partial charge in [-0.3, -0.25) is 10.1 Å². The second-order valence-electron chi connectivity index (χ2n) is 3.98. The topological polar surface area (TPSA) is 89.3 Å². The predicted molar refractivity (Wildman–Crippen MR) is 63.3 cm³/mol. The van der Waals surface area contributed by atoms with Crippen LogP contribution in [0.3, 0.4) is 0 Å². The van der Waals surface area contributed by atoms with Crippen molar-refractivity contribution < 1.29 is 13.3 Å². The molecule has 17 heavy (non-hydrogen) atoms. The molecule has 0 saturated heterocycles. The number of nitrogens with one attached hydrogen (secondary N) is 1. The summed E-state index contributed by atoms with van der Waals surface area (Å²) in [6.07, 6.45) is 0. The molecular formula is C10H14N2O4S. The van der Waals surface area contributed by atoms with Crippen molar-refractivity contribution in [2.24, 2.45) is 0 Å². The van der Waals surface area contributed by atoms with Crippen molar-refractivity contribution in [3.05, 3.63) is 33.9 Å². The third-order valence-corrected chi connectivity index (χ3v) is 3.73. The van der Waals surface area contributed by atoms with Crippen LogP contribution >= 0.6 is 0 Å². The Labute approximate surface area is 99.9 Å². The molecule has 0 aliphatic heterocycles. The van der Waals surface area contributed by atoms with Crippen molar-refractivity contribution in [1.29, 1.82) is 0 Å². The fourth-order valence-corrected chi connectivity index (χ4v) is 2.60. The van der Waals surface area contributed by atoms with Crippen molar-refractivity contribution >= 4 is 15.7 Å². The lowest BCUT2D eigenvalue weighted by atomic mass is 10.2. The first kappa shape index (κ1) is 13.6. The number of nitro groups is 1. The van der Waals surface area contributed by atoms with Gasteiger partial charge in [0, 0.05) is 17.7 Å². The second-order valence-corrected chi connectivity index (χ2v) is 5.70. The van der Waals surface area contributed by atoms with Crippen LogP contribution in [-0.4, -0.2) is 19.4 Å². The van der Waals surface area contributed by atoms with Gasteiger partial charge >= 0.3 is 0 Å². The highest BCUT2D eigenvalue weighted by molar-refractivity contribution is 7.89. The van der Waals surface area contributed by atoms with Crippen LogP contribution in [0.15, 0.2) is 23.1 Å². The van der Waals surface area contributed by atoms with E-state index in [-0.39, 0.29) is 16.6 Å². The molecule has 0 aromatic heterocycles. The van der Waals surface area contributed by atoms with Gasteiger partial charge in [0.1, 0.15) is 0 Å². The average molecular weight is 258 g/mol. The van der Waals surface area contributed by atoms with Gasteiger partial charge in [-0.2, -0.15) is 0 Å². The predicted octanol–water partition coefficient (Wildman–Crippen LogP) is 1.59. The molecule has 1 aromatic rings. The summed E-state index contributed by atoms with van der Waals surface area (Å²) in [5.41, 5.74) is 0.232. The Morgan fingerprint density at radius 2 is 1.94 bits per heavy atom. The van der Waals surface area contributed by atoms with E-state index < -0.39 is 14.9 Å². The molecule has 7 heteroatoms. The Balaban J connectivity index is 3.25.